The van der Waals surface area contributed by atoms with Crippen LogP contribution in [0.15, 0.2) is 55.1 Å². The van der Waals surface area contributed by atoms with E-state index >= 15 is 0 Å². The molecule has 3 aromatic heterocycles. The number of ether oxygens (including phenoxy) is 2. The fraction of sp³-hybridized carbons (Fsp3) is 0.308. The predicted octanol–water partition coefficient (Wildman–Crippen LogP) is 5.29. The van der Waals surface area contributed by atoms with Gasteiger partial charge in [0.2, 0.25) is 0 Å². The van der Waals surface area contributed by atoms with Gasteiger partial charge in [-0.2, -0.15) is 0 Å². The molecule has 0 atom stereocenters. The van der Waals surface area contributed by atoms with Gasteiger partial charge in [0, 0.05) is 24.0 Å². The van der Waals surface area contributed by atoms with Crippen molar-refractivity contribution in [1.29, 1.82) is 0 Å². The average molecular weight is 459 g/mol. The lowest BCUT2D eigenvalue weighted by molar-refractivity contribution is 0.268. The largest absolute Gasteiger partial charge is 0.492 e. The third-order valence-electron chi connectivity index (χ3n) is 5.49. The van der Waals surface area contributed by atoms with Gasteiger partial charge in [-0.25, -0.2) is 15.0 Å². The second kappa shape index (κ2) is 10.9. The highest BCUT2D eigenvalue weighted by molar-refractivity contribution is 5.87. The Morgan fingerprint density at radius 1 is 0.941 bits per heavy atom. The van der Waals surface area contributed by atoms with E-state index in [0.29, 0.717) is 29.4 Å². The molecule has 0 aliphatic rings. The van der Waals surface area contributed by atoms with E-state index in [1.807, 2.05) is 50.2 Å². The molecule has 3 heterocycles. The Balaban J connectivity index is 1.44. The maximum absolute atomic E-state index is 5.97. The summed E-state index contributed by atoms with van der Waals surface area (Å²) in [5.74, 6) is 2.82. The summed E-state index contributed by atoms with van der Waals surface area (Å²) < 4.78 is 11.8. The topological polar surface area (TPSA) is 85.3 Å². The van der Waals surface area contributed by atoms with Gasteiger partial charge in [0.15, 0.2) is 5.82 Å². The van der Waals surface area contributed by atoms with Crippen LogP contribution in [-0.4, -0.2) is 51.6 Å². The van der Waals surface area contributed by atoms with E-state index in [1.165, 1.54) is 6.33 Å². The van der Waals surface area contributed by atoms with Crippen molar-refractivity contribution in [3.63, 3.8) is 0 Å². The van der Waals surface area contributed by atoms with E-state index in [1.54, 1.807) is 12.4 Å². The monoisotopic (exact) mass is 458 g/mol. The van der Waals surface area contributed by atoms with Crippen molar-refractivity contribution < 1.29 is 9.47 Å². The van der Waals surface area contributed by atoms with Gasteiger partial charge >= 0.3 is 0 Å². The highest BCUT2D eigenvalue weighted by Crippen LogP contribution is 2.29. The number of benzene rings is 1. The van der Waals surface area contributed by atoms with E-state index in [4.69, 9.17) is 9.47 Å². The van der Waals surface area contributed by atoms with Gasteiger partial charge in [0.05, 0.1) is 24.5 Å². The fourth-order valence-electron chi connectivity index (χ4n) is 3.40. The first-order valence-electron chi connectivity index (χ1n) is 11.4. The maximum Gasteiger partial charge on any atom is 0.160 e. The summed E-state index contributed by atoms with van der Waals surface area (Å²) in [7, 11) is 2.10. The van der Waals surface area contributed by atoms with Crippen molar-refractivity contribution in [2.24, 2.45) is 0 Å². The Morgan fingerprint density at radius 3 is 2.56 bits per heavy atom. The van der Waals surface area contributed by atoms with Crippen molar-refractivity contribution in [2.75, 3.05) is 32.1 Å². The summed E-state index contributed by atoms with van der Waals surface area (Å²) in [4.78, 5) is 19.9. The molecule has 1 N–H and O–H groups in total. The lowest BCUT2D eigenvalue weighted by Gasteiger charge is -2.14. The number of pyridine rings is 2. The van der Waals surface area contributed by atoms with Crippen LogP contribution in [0.4, 0.5) is 11.5 Å². The highest BCUT2D eigenvalue weighted by Gasteiger charge is 2.09. The van der Waals surface area contributed by atoms with Gasteiger partial charge in [0.1, 0.15) is 29.1 Å². The molecule has 4 rings (SSSR count). The van der Waals surface area contributed by atoms with Gasteiger partial charge in [-0.15, -0.1) is 0 Å². The Labute approximate surface area is 200 Å². The number of anilines is 2. The first-order chi connectivity index (χ1) is 16.5. The Kier molecular flexibility index (Phi) is 7.49. The lowest BCUT2D eigenvalue weighted by Crippen LogP contribution is -2.20. The smallest absolute Gasteiger partial charge is 0.160 e. The zero-order chi connectivity index (χ0) is 23.9. The number of hydrogen-bond donors (Lipinski definition) is 1. The molecule has 0 spiro atoms. The van der Waals surface area contributed by atoms with Crippen LogP contribution in [0.1, 0.15) is 24.6 Å². The molecule has 1 aromatic carbocycles. The van der Waals surface area contributed by atoms with Crippen molar-refractivity contribution in [3.05, 3.63) is 66.4 Å². The molecule has 34 heavy (non-hydrogen) atoms. The SMILES string of the molecule is CCN(C)CCCOc1cnc2c(Nc3ccc(Oc4ccc(C)nc4)c(C)c3)ncnc2c1. The highest BCUT2D eigenvalue weighted by atomic mass is 16.5. The van der Waals surface area contributed by atoms with Gasteiger partial charge in [-0.05, 0) is 69.8 Å². The van der Waals surface area contributed by atoms with Crippen LogP contribution in [0.2, 0.25) is 0 Å². The Morgan fingerprint density at radius 2 is 1.79 bits per heavy atom. The van der Waals surface area contributed by atoms with Crippen LogP contribution < -0.4 is 14.8 Å². The number of nitrogens with one attached hydrogen (secondary N) is 1. The lowest BCUT2D eigenvalue weighted by atomic mass is 10.2. The van der Waals surface area contributed by atoms with Crippen molar-refractivity contribution >= 4 is 22.5 Å². The van der Waals surface area contributed by atoms with Crippen LogP contribution in [0.3, 0.4) is 0 Å². The van der Waals surface area contributed by atoms with E-state index in [9.17, 15) is 0 Å². The maximum atomic E-state index is 5.97. The van der Waals surface area contributed by atoms with Crippen LogP contribution in [-0.2, 0) is 0 Å². The minimum absolute atomic E-state index is 0.636. The molecule has 0 unspecified atom stereocenters. The first-order valence-corrected chi connectivity index (χ1v) is 11.4. The zero-order valence-electron chi connectivity index (χ0n) is 20.1. The van der Waals surface area contributed by atoms with Crippen molar-refractivity contribution in [3.8, 4) is 17.2 Å². The average Bonchev–Trinajstić information content (AvgIpc) is 2.84. The fourth-order valence-corrected chi connectivity index (χ4v) is 3.40. The summed E-state index contributed by atoms with van der Waals surface area (Å²) in [5, 5.41) is 3.35. The summed E-state index contributed by atoms with van der Waals surface area (Å²) in [5.41, 5.74) is 4.23. The standard InChI is InChI=1S/C26H30N6O2/c1-5-32(4)11-6-12-33-22-14-23-25(28-16-22)26(30-17-29-23)31-20-8-10-24(18(2)13-20)34-21-9-7-19(3)27-15-21/h7-10,13-17H,5-6,11-12H2,1-4H3,(H,29,30,31). The molecule has 0 saturated heterocycles. The van der Waals surface area contributed by atoms with Crippen LogP contribution in [0, 0.1) is 13.8 Å². The molecule has 0 saturated carbocycles. The van der Waals surface area contributed by atoms with Gasteiger partial charge in [-0.3, -0.25) is 4.98 Å². The molecular weight excluding hydrogens is 428 g/mol. The summed E-state index contributed by atoms with van der Waals surface area (Å²) in [6.45, 7) is 8.76. The third kappa shape index (κ3) is 5.96. The molecular formula is C26H30N6O2. The Bertz CT molecular complexity index is 1250. The van der Waals surface area contributed by atoms with Crippen molar-refractivity contribution in [1.82, 2.24) is 24.8 Å². The van der Waals surface area contributed by atoms with E-state index in [-0.39, 0.29) is 0 Å². The molecule has 0 radical (unpaired) electrons. The zero-order valence-corrected chi connectivity index (χ0v) is 20.1. The number of nitrogens with zero attached hydrogens (tertiary/aromatic N) is 5. The molecule has 0 fully saturated rings. The van der Waals surface area contributed by atoms with E-state index < -0.39 is 0 Å². The summed E-state index contributed by atoms with van der Waals surface area (Å²) >= 11 is 0. The van der Waals surface area contributed by atoms with Gasteiger partial charge in [-0.1, -0.05) is 6.92 Å². The molecule has 0 bridgehead atoms. The first kappa shape index (κ1) is 23.4. The summed E-state index contributed by atoms with van der Waals surface area (Å²) in [6.07, 6.45) is 5.93. The molecule has 176 valence electrons. The normalized spacial score (nSPS) is 11.1. The van der Waals surface area contributed by atoms with Crippen LogP contribution >= 0.6 is 0 Å². The van der Waals surface area contributed by atoms with Crippen LogP contribution in [0.5, 0.6) is 17.2 Å². The van der Waals surface area contributed by atoms with E-state index in [0.717, 1.165) is 47.7 Å². The third-order valence-corrected chi connectivity index (χ3v) is 5.49. The predicted molar refractivity (Wildman–Crippen MR) is 134 cm³/mol. The number of fused-ring (bicyclic) bond motifs is 1. The van der Waals surface area contributed by atoms with Crippen molar-refractivity contribution in [2.45, 2.75) is 27.2 Å². The molecule has 0 amide bonds. The van der Waals surface area contributed by atoms with Gasteiger partial charge < -0.3 is 19.7 Å². The van der Waals surface area contributed by atoms with Crippen LogP contribution in [0.25, 0.3) is 11.0 Å². The second-order valence-electron chi connectivity index (χ2n) is 8.20. The minimum Gasteiger partial charge on any atom is -0.492 e. The number of aryl methyl sites for hydroxylation is 2. The number of aromatic nitrogens is 4. The molecule has 8 heteroatoms. The second-order valence-corrected chi connectivity index (χ2v) is 8.20. The molecule has 0 aliphatic carbocycles. The van der Waals surface area contributed by atoms with Gasteiger partial charge in [0.25, 0.3) is 0 Å². The quantitative estimate of drug-likeness (QED) is 0.321. The molecule has 8 nitrogen and oxygen atoms in total. The summed E-state index contributed by atoms with van der Waals surface area (Å²) in [6, 6.07) is 11.6. The minimum atomic E-state index is 0.636. The Hall–Kier alpha value is -3.78. The molecule has 0 aliphatic heterocycles. The molecule has 4 aromatic rings. The number of rotatable bonds is 10. The van der Waals surface area contributed by atoms with E-state index in [2.05, 4.69) is 44.1 Å². The number of hydrogen-bond acceptors (Lipinski definition) is 8.